The van der Waals surface area contributed by atoms with Gasteiger partial charge >= 0.3 is 0 Å². The lowest BCUT2D eigenvalue weighted by Crippen LogP contribution is -2.15. The molecule has 2 rings (SSSR count). The molecular formula is C14H14FNO4S. The highest BCUT2D eigenvalue weighted by Crippen LogP contribution is 2.31. The number of halogens is 1. The lowest BCUT2D eigenvalue weighted by molar-refractivity contribution is 0.395. The Morgan fingerprint density at radius 3 is 2.38 bits per heavy atom. The number of nitrogens with one attached hydrogen (secondary N) is 1. The molecule has 0 aromatic heterocycles. The third-order valence-corrected chi connectivity index (χ3v) is 4.18. The zero-order valence-corrected chi connectivity index (χ0v) is 12.3. The fourth-order valence-corrected chi connectivity index (χ4v) is 2.90. The highest BCUT2D eigenvalue weighted by molar-refractivity contribution is 7.92. The predicted octanol–water partition coefficient (Wildman–Crippen LogP) is 2.64. The zero-order valence-electron chi connectivity index (χ0n) is 11.5. The van der Waals surface area contributed by atoms with Gasteiger partial charge in [0.05, 0.1) is 19.9 Å². The van der Waals surface area contributed by atoms with Crippen LogP contribution in [0.3, 0.4) is 0 Å². The monoisotopic (exact) mass is 311 g/mol. The normalized spacial score (nSPS) is 11.0. The maximum atomic E-state index is 13.6. The molecule has 0 saturated carbocycles. The molecule has 0 heterocycles. The van der Waals surface area contributed by atoms with Gasteiger partial charge in [-0.2, -0.15) is 0 Å². The predicted molar refractivity (Wildman–Crippen MR) is 76.8 cm³/mol. The molecule has 0 amide bonds. The number of rotatable bonds is 5. The smallest absolute Gasteiger partial charge is 0.264 e. The summed E-state index contributed by atoms with van der Waals surface area (Å²) in [6.07, 6.45) is 0. The fourth-order valence-electron chi connectivity index (χ4n) is 1.75. The summed E-state index contributed by atoms with van der Waals surface area (Å²) in [5, 5.41) is 0. The molecule has 112 valence electrons. The van der Waals surface area contributed by atoms with E-state index in [1.54, 1.807) is 6.07 Å². The van der Waals surface area contributed by atoms with Crippen molar-refractivity contribution in [3.8, 4) is 11.5 Å². The van der Waals surface area contributed by atoms with E-state index in [9.17, 15) is 12.8 Å². The Morgan fingerprint density at radius 2 is 1.76 bits per heavy atom. The summed E-state index contributed by atoms with van der Waals surface area (Å²) in [4.78, 5) is -0.428. The van der Waals surface area contributed by atoms with Crippen LogP contribution in [0.15, 0.2) is 47.4 Å². The van der Waals surface area contributed by atoms with Crippen LogP contribution in [0.5, 0.6) is 11.5 Å². The average Bonchev–Trinajstić information content (AvgIpc) is 2.47. The van der Waals surface area contributed by atoms with Crippen LogP contribution in [0, 0.1) is 5.82 Å². The van der Waals surface area contributed by atoms with Crippen LogP contribution in [0.1, 0.15) is 0 Å². The molecule has 0 fully saturated rings. The molecular weight excluding hydrogens is 297 g/mol. The lowest BCUT2D eigenvalue weighted by atomic mass is 10.3. The van der Waals surface area contributed by atoms with Crippen molar-refractivity contribution in [1.29, 1.82) is 0 Å². The van der Waals surface area contributed by atoms with Gasteiger partial charge in [-0.15, -0.1) is 0 Å². The van der Waals surface area contributed by atoms with Crippen LogP contribution in [0.4, 0.5) is 10.1 Å². The molecule has 5 nitrogen and oxygen atoms in total. The van der Waals surface area contributed by atoms with Crippen molar-refractivity contribution < 1.29 is 22.3 Å². The van der Waals surface area contributed by atoms with Gasteiger partial charge < -0.3 is 9.47 Å². The molecule has 0 saturated heterocycles. The average molecular weight is 311 g/mol. The highest BCUT2D eigenvalue weighted by atomic mass is 32.2. The summed E-state index contributed by atoms with van der Waals surface area (Å²) < 4.78 is 50.5. The van der Waals surface area contributed by atoms with Gasteiger partial charge in [0.25, 0.3) is 10.0 Å². The molecule has 0 radical (unpaired) electrons. The standard InChI is InChI=1S/C14H14FNO4S/c1-19-10-7-8-12(13(9-10)20-2)16-21(17,18)14-6-4-3-5-11(14)15/h3-9,16H,1-2H3. The summed E-state index contributed by atoms with van der Waals surface area (Å²) >= 11 is 0. The molecule has 0 aliphatic carbocycles. The van der Waals surface area contributed by atoms with Gasteiger partial charge in [0.2, 0.25) is 0 Å². The number of methoxy groups -OCH3 is 2. The summed E-state index contributed by atoms with van der Waals surface area (Å²) in [6.45, 7) is 0. The van der Waals surface area contributed by atoms with Gasteiger partial charge in [-0.1, -0.05) is 12.1 Å². The zero-order chi connectivity index (χ0) is 15.5. The van der Waals surface area contributed by atoms with Crippen molar-refractivity contribution >= 4 is 15.7 Å². The first kappa shape index (κ1) is 15.1. The van der Waals surface area contributed by atoms with Gasteiger partial charge in [0, 0.05) is 6.07 Å². The summed E-state index contributed by atoms with van der Waals surface area (Å²) in [5.41, 5.74) is 0.196. The Bertz CT molecular complexity index is 746. The second kappa shape index (κ2) is 6.01. The molecule has 0 aliphatic rings. The van der Waals surface area contributed by atoms with Gasteiger partial charge in [0.1, 0.15) is 22.2 Å². The maximum absolute atomic E-state index is 13.6. The molecule has 7 heteroatoms. The van der Waals surface area contributed by atoms with Crippen molar-refractivity contribution in [3.05, 3.63) is 48.3 Å². The van der Waals surface area contributed by atoms with Gasteiger partial charge in [-0.3, -0.25) is 4.72 Å². The quantitative estimate of drug-likeness (QED) is 0.922. The second-order valence-corrected chi connectivity index (χ2v) is 5.75. The van der Waals surface area contributed by atoms with Crippen molar-refractivity contribution in [1.82, 2.24) is 0 Å². The maximum Gasteiger partial charge on any atom is 0.264 e. The molecule has 0 aliphatic heterocycles. The van der Waals surface area contributed by atoms with E-state index < -0.39 is 20.7 Å². The van der Waals surface area contributed by atoms with E-state index in [-0.39, 0.29) is 11.4 Å². The minimum absolute atomic E-state index is 0.196. The van der Waals surface area contributed by atoms with E-state index in [2.05, 4.69) is 4.72 Å². The summed E-state index contributed by atoms with van der Waals surface area (Å²) in [6, 6.07) is 9.72. The molecule has 2 aromatic carbocycles. The first-order valence-electron chi connectivity index (χ1n) is 5.97. The largest absolute Gasteiger partial charge is 0.497 e. The van der Waals surface area contributed by atoms with Gasteiger partial charge in [-0.05, 0) is 24.3 Å². The minimum atomic E-state index is -4.04. The summed E-state index contributed by atoms with van der Waals surface area (Å²) in [5.74, 6) is -0.0348. The number of hydrogen-bond donors (Lipinski definition) is 1. The summed E-state index contributed by atoms with van der Waals surface area (Å²) in [7, 11) is -1.16. The first-order chi connectivity index (χ1) is 9.97. The SMILES string of the molecule is COc1ccc(NS(=O)(=O)c2ccccc2F)c(OC)c1. The minimum Gasteiger partial charge on any atom is -0.497 e. The highest BCUT2D eigenvalue weighted by Gasteiger charge is 2.20. The van der Waals surface area contributed by atoms with Crippen LogP contribution in [0.25, 0.3) is 0 Å². The molecule has 0 bridgehead atoms. The van der Waals surface area contributed by atoms with Crippen LogP contribution >= 0.6 is 0 Å². The molecule has 0 unspecified atom stereocenters. The van der Waals surface area contributed by atoms with E-state index >= 15 is 0 Å². The molecule has 0 atom stereocenters. The molecule has 21 heavy (non-hydrogen) atoms. The van der Waals surface area contributed by atoms with Crippen LogP contribution in [-0.2, 0) is 10.0 Å². The number of ether oxygens (including phenoxy) is 2. The van der Waals surface area contributed by atoms with Crippen molar-refractivity contribution in [2.75, 3.05) is 18.9 Å². The Hall–Kier alpha value is -2.28. The third-order valence-electron chi connectivity index (χ3n) is 2.78. The topological polar surface area (TPSA) is 64.6 Å². The Labute approximate surface area is 122 Å². The Kier molecular flexibility index (Phi) is 4.32. The number of hydrogen-bond acceptors (Lipinski definition) is 4. The third kappa shape index (κ3) is 3.25. The van der Waals surface area contributed by atoms with Crippen LogP contribution in [0.2, 0.25) is 0 Å². The number of anilines is 1. The number of benzene rings is 2. The first-order valence-corrected chi connectivity index (χ1v) is 7.45. The van der Waals surface area contributed by atoms with Crippen molar-refractivity contribution in [2.45, 2.75) is 4.90 Å². The van der Waals surface area contributed by atoms with E-state index in [0.717, 1.165) is 6.07 Å². The van der Waals surface area contributed by atoms with E-state index in [1.165, 1.54) is 44.6 Å². The van der Waals surface area contributed by atoms with E-state index in [1.807, 2.05) is 0 Å². The van der Waals surface area contributed by atoms with Gasteiger partial charge in [0.15, 0.2) is 0 Å². The van der Waals surface area contributed by atoms with E-state index in [0.29, 0.717) is 5.75 Å². The van der Waals surface area contributed by atoms with Crippen LogP contribution in [-0.4, -0.2) is 22.6 Å². The van der Waals surface area contributed by atoms with Crippen molar-refractivity contribution in [3.63, 3.8) is 0 Å². The Morgan fingerprint density at radius 1 is 1.05 bits per heavy atom. The van der Waals surface area contributed by atoms with Crippen molar-refractivity contribution in [2.24, 2.45) is 0 Å². The van der Waals surface area contributed by atoms with Crippen LogP contribution < -0.4 is 14.2 Å². The molecule has 0 spiro atoms. The van der Waals surface area contributed by atoms with Gasteiger partial charge in [-0.25, -0.2) is 12.8 Å². The van der Waals surface area contributed by atoms with E-state index in [4.69, 9.17) is 9.47 Å². The fraction of sp³-hybridized carbons (Fsp3) is 0.143. The Balaban J connectivity index is 2.40. The molecule has 2 aromatic rings. The number of sulfonamides is 1. The molecule has 1 N–H and O–H groups in total. The lowest BCUT2D eigenvalue weighted by Gasteiger charge is -2.13. The second-order valence-electron chi connectivity index (χ2n) is 4.10.